The zero-order valence-electron chi connectivity index (χ0n) is 25.7. The predicted molar refractivity (Wildman–Crippen MR) is 175 cm³/mol. The molecule has 6 rings (SSSR count). The van der Waals surface area contributed by atoms with Crippen molar-refractivity contribution in [1.82, 2.24) is 20.1 Å². The van der Waals surface area contributed by atoms with Crippen molar-refractivity contribution in [1.29, 1.82) is 0 Å². The van der Waals surface area contributed by atoms with Crippen LogP contribution in [0.4, 0.5) is 23.7 Å². The van der Waals surface area contributed by atoms with E-state index in [1.54, 1.807) is 11.8 Å². The van der Waals surface area contributed by atoms with Gasteiger partial charge in [0, 0.05) is 29.2 Å². The molecule has 0 saturated carbocycles. The normalized spacial score (nSPS) is 16.3. The number of aryl methyl sites for hydroxylation is 3. The van der Waals surface area contributed by atoms with Crippen molar-refractivity contribution in [2.45, 2.75) is 52.8 Å². The molecule has 0 radical (unpaired) electrons. The van der Waals surface area contributed by atoms with Gasteiger partial charge in [0.25, 0.3) is 0 Å². The fraction of sp³-hybridized carbons (Fsp3) is 0.294. The van der Waals surface area contributed by atoms with Crippen LogP contribution in [0.5, 0.6) is 5.75 Å². The summed E-state index contributed by atoms with van der Waals surface area (Å²) in [6.45, 7) is 7.12. The Balaban J connectivity index is 1.16. The van der Waals surface area contributed by atoms with Gasteiger partial charge in [0.15, 0.2) is 11.0 Å². The van der Waals surface area contributed by atoms with E-state index in [9.17, 15) is 18.0 Å². The number of anilines is 1. The summed E-state index contributed by atoms with van der Waals surface area (Å²) in [5.41, 5.74) is 8.99. The first-order valence-corrected chi connectivity index (χ1v) is 16.0. The minimum atomic E-state index is -4.75. The number of thioether (sulfide) groups is 1. The molecule has 0 unspecified atom stereocenters. The van der Waals surface area contributed by atoms with E-state index in [1.807, 2.05) is 24.3 Å². The van der Waals surface area contributed by atoms with Gasteiger partial charge in [-0.2, -0.15) is 4.99 Å². The molecule has 0 bridgehead atoms. The molecule has 1 N–H and O–H groups in total. The Labute approximate surface area is 269 Å². The number of carbonyl (C=O) groups excluding carboxylic acids is 1. The number of alkyl halides is 3. The summed E-state index contributed by atoms with van der Waals surface area (Å²) in [4.78, 5) is 24.3. The standard InChI is InChI=1S/C34H33F3N6O2S/c1-21-18-22(2)30(23(3)19-21)42-16-5-17-46-33(42)40-32(44)39-29-7-4-6-28(29)24-8-10-25(11-9-24)31-38-20-43(41-31)26-12-14-27(15-13-26)45-34(35,36)37/h8-15,18-20H,4-7,16-17H2,1-3H3,(H,39,44)/b40-33-. The lowest BCUT2D eigenvalue weighted by molar-refractivity contribution is -0.274. The maximum absolute atomic E-state index is 13.2. The summed E-state index contributed by atoms with van der Waals surface area (Å²) < 4.78 is 42.8. The number of rotatable bonds is 6. The number of urea groups is 1. The number of allylic oxidation sites excluding steroid dienone is 2. The molecule has 12 heteroatoms. The number of hydrogen-bond donors (Lipinski definition) is 1. The molecule has 8 nitrogen and oxygen atoms in total. The van der Waals surface area contributed by atoms with Gasteiger partial charge < -0.3 is 15.0 Å². The third-order valence-corrected chi connectivity index (χ3v) is 8.95. The summed E-state index contributed by atoms with van der Waals surface area (Å²) in [5.74, 6) is 1.09. The molecule has 46 heavy (non-hydrogen) atoms. The highest BCUT2D eigenvalue weighted by Gasteiger charge is 2.31. The zero-order valence-corrected chi connectivity index (χ0v) is 26.5. The number of aromatic nitrogens is 3. The fourth-order valence-electron chi connectivity index (χ4n) is 6.04. The summed E-state index contributed by atoms with van der Waals surface area (Å²) in [7, 11) is 0. The second kappa shape index (κ2) is 13.0. The number of amides is 2. The van der Waals surface area contributed by atoms with Crippen LogP contribution in [0.25, 0.3) is 22.6 Å². The zero-order chi connectivity index (χ0) is 32.4. The Morgan fingerprint density at radius 2 is 1.65 bits per heavy atom. The van der Waals surface area contributed by atoms with Crippen molar-refractivity contribution in [3.63, 3.8) is 0 Å². The minimum Gasteiger partial charge on any atom is -0.406 e. The number of carbonyl (C=O) groups is 1. The highest BCUT2D eigenvalue weighted by molar-refractivity contribution is 8.14. The Kier molecular flexibility index (Phi) is 8.90. The van der Waals surface area contributed by atoms with Crippen LogP contribution in [-0.4, -0.2) is 44.6 Å². The van der Waals surface area contributed by atoms with Crippen molar-refractivity contribution in [2.24, 2.45) is 4.99 Å². The molecule has 1 saturated heterocycles. The molecular weight excluding hydrogens is 613 g/mol. The summed E-state index contributed by atoms with van der Waals surface area (Å²) in [6.07, 6.45) is 0.316. The summed E-state index contributed by atoms with van der Waals surface area (Å²) >= 11 is 1.61. The monoisotopic (exact) mass is 646 g/mol. The van der Waals surface area contributed by atoms with E-state index in [2.05, 4.69) is 62.9 Å². The van der Waals surface area contributed by atoms with Gasteiger partial charge in [-0.3, -0.25) is 0 Å². The van der Waals surface area contributed by atoms with E-state index < -0.39 is 6.36 Å². The van der Waals surface area contributed by atoms with Crippen molar-refractivity contribution in [3.05, 3.63) is 94.9 Å². The molecule has 1 aliphatic carbocycles. The molecule has 4 aromatic rings. The maximum Gasteiger partial charge on any atom is 0.573 e. The van der Waals surface area contributed by atoms with Crippen LogP contribution < -0.4 is 15.0 Å². The van der Waals surface area contributed by atoms with Gasteiger partial charge in [-0.25, -0.2) is 14.5 Å². The lowest BCUT2D eigenvalue weighted by atomic mass is 10.0. The highest BCUT2D eigenvalue weighted by Crippen LogP contribution is 2.35. The third kappa shape index (κ3) is 7.12. The molecule has 3 aromatic carbocycles. The van der Waals surface area contributed by atoms with Crippen molar-refractivity contribution in [2.75, 3.05) is 17.2 Å². The van der Waals surface area contributed by atoms with Gasteiger partial charge in [0.2, 0.25) is 0 Å². The van der Waals surface area contributed by atoms with Gasteiger partial charge in [0.05, 0.1) is 5.69 Å². The molecule has 2 amide bonds. The lowest BCUT2D eigenvalue weighted by Gasteiger charge is -2.32. The van der Waals surface area contributed by atoms with E-state index in [1.165, 1.54) is 52.0 Å². The number of amidine groups is 1. The minimum absolute atomic E-state index is 0.307. The van der Waals surface area contributed by atoms with Crippen LogP contribution in [0.1, 0.15) is 47.9 Å². The summed E-state index contributed by atoms with van der Waals surface area (Å²) in [6, 6.07) is 17.2. The first-order valence-electron chi connectivity index (χ1n) is 15.0. The van der Waals surface area contributed by atoms with Crippen molar-refractivity contribution >= 4 is 34.2 Å². The molecule has 2 heterocycles. The number of nitrogens with one attached hydrogen (secondary N) is 1. The molecule has 238 valence electrons. The van der Waals surface area contributed by atoms with E-state index in [4.69, 9.17) is 0 Å². The van der Waals surface area contributed by atoms with Crippen LogP contribution in [0.3, 0.4) is 0 Å². The molecule has 0 spiro atoms. The van der Waals surface area contributed by atoms with Gasteiger partial charge >= 0.3 is 12.4 Å². The molecule has 1 aliphatic heterocycles. The van der Waals surface area contributed by atoms with E-state index in [0.717, 1.165) is 71.2 Å². The number of benzene rings is 3. The van der Waals surface area contributed by atoms with Gasteiger partial charge in [-0.1, -0.05) is 53.7 Å². The lowest BCUT2D eigenvalue weighted by Crippen LogP contribution is -2.36. The Bertz CT molecular complexity index is 1790. The van der Waals surface area contributed by atoms with Gasteiger partial charge in [-0.15, -0.1) is 18.3 Å². The highest BCUT2D eigenvalue weighted by atomic mass is 32.2. The first-order chi connectivity index (χ1) is 22.0. The van der Waals surface area contributed by atoms with Crippen LogP contribution in [0.15, 0.2) is 77.7 Å². The maximum atomic E-state index is 13.2. The largest absolute Gasteiger partial charge is 0.573 e. The van der Waals surface area contributed by atoms with E-state index >= 15 is 0 Å². The van der Waals surface area contributed by atoms with Crippen LogP contribution in [-0.2, 0) is 0 Å². The number of aliphatic imine (C=N–C) groups is 1. The van der Waals surface area contributed by atoms with Gasteiger partial charge in [0.1, 0.15) is 12.1 Å². The Morgan fingerprint density at radius 3 is 2.35 bits per heavy atom. The third-order valence-electron chi connectivity index (χ3n) is 7.88. The first kappa shape index (κ1) is 31.4. The van der Waals surface area contributed by atoms with Gasteiger partial charge in [-0.05, 0) is 93.0 Å². The Morgan fingerprint density at radius 1 is 0.957 bits per heavy atom. The molecular formula is C34H33F3N6O2S. The number of ether oxygens (including phenoxy) is 1. The average Bonchev–Trinajstić information content (AvgIpc) is 3.68. The fourth-order valence-corrected chi connectivity index (χ4v) is 6.98. The van der Waals surface area contributed by atoms with Crippen molar-refractivity contribution < 1.29 is 22.7 Å². The molecule has 1 aromatic heterocycles. The summed E-state index contributed by atoms with van der Waals surface area (Å²) in [5, 5.41) is 8.29. The molecule has 2 aliphatic rings. The topological polar surface area (TPSA) is 84.6 Å². The number of halogens is 3. The van der Waals surface area contributed by atoms with E-state index in [-0.39, 0.29) is 11.8 Å². The molecule has 0 atom stereocenters. The van der Waals surface area contributed by atoms with Crippen molar-refractivity contribution in [3.8, 4) is 22.8 Å². The second-order valence-electron chi connectivity index (χ2n) is 11.4. The number of nitrogens with zero attached hydrogens (tertiary/aromatic N) is 5. The van der Waals surface area contributed by atoms with Crippen LogP contribution >= 0.6 is 11.8 Å². The SMILES string of the molecule is Cc1cc(C)c(N2CCCS/C2=N\C(=O)NC2=C(c3ccc(-c4ncn(-c5ccc(OC(F)(F)F)cc5)n4)cc3)CCC2)c(C)c1. The van der Waals surface area contributed by atoms with Crippen LogP contribution in [0.2, 0.25) is 0 Å². The predicted octanol–water partition coefficient (Wildman–Crippen LogP) is 8.36. The smallest absolute Gasteiger partial charge is 0.406 e. The molecule has 1 fully saturated rings. The second-order valence-corrected chi connectivity index (χ2v) is 12.4. The van der Waals surface area contributed by atoms with E-state index in [0.29, 0.717) is 11.5 Å². The number of hydrogen-bond acceptors (Lipinski definition) is 5. The quantitative estimate of drug-likeness (QED) is 0.227. The van der Waals surface area contributed by atoms with Crippen LogP contribution in [0, 0.1) is 20.8 Å². The average molecular weight is 647 g/mol. The Hall–Kier alpha value is -4.58.